The van der Waals surface area contributed by atoms with E-state index in [4.69, 9.17) is 4.74 Å². The minimum atomic E-state index is -0.472. The van der Waals surface area contributed by atoms with Gasteiger partial charge in [0.2, 0.25) is 0 Å². The number of hydrogen-bond donors (Lipinski definition) is 1. The first-order valence-corrected chi connectivity index (χ1v) is 7.28. The van der Waals surface area contributed by atoms with E-state index in [1.165, 1.54) is 5.39 Å². The van der Waals surface area contributed by atoms with Gasteiger partial charge in [0.15, 0.2) is 0 Å². The van der Waals surface area contributed by atoms with Crippen LogP contribution in [0.15, 0.2) is 40.9 Å². The normalized spacial score (nSPS) is 11.4. The third-order valence-corrected chi connectivity index (χ3v) is 3.20. The molecule has 0 aliphatic heterocycles. The van der Waals surface area contributed by atoms with Crippen molar-refractivity contribution in [1.29, 1.82) is 0 Å². The smallest absolute Gasteiger partial charge is 0.407 e. The first kappa shape index (κ1) is 14.9. The average Bonchev–Trinajstić information content (AvgIpc) is 2.34. The van der Waals surface area contributed by atoms with Gasteiger partial charge < -0.3 is 10.1 Å². The average molecular weight is 336 g/mol. The summed E-state index contributed by atoms with van der Waals surface area (Å²) in [5.74, 6) is 0. The van der Waals surface area contributed by atoms with Gasteiger partial charge in [-0.15, -0.1) is 0 Å². The van der Waals surface area contributed by atoms with E-state index >= 15 is 0 Å². The van der Waals surface area contributed by atoms with Crippen molar-refractivity contribution >= 4 is 32.8 Å². The number of alkyl carbamates (subject to hydrolysis) is 1. The maximum absolute atomic E-state index is 11.6. The number of amides is 1. The molecule has 0 heterocycles. The Morgan fingerprint density at radius 1 is 1.15 bits per heavy atom. The van der Waals surface area contributed by atoms with Crippen LogP contribution in [0.5, 0.6) is 0 Å². The van der Waals surface area contributed by atoms with Gasteiger partial charge in [-0.05, 0) is 55.3 Å². The molecule has 3 nitrogen and oxygen atoms in total. The van der Waals surface area contributed by atoms with Crippen LogP contribution in [0.3, 0.4) is 0 Å². The molecule has 0 bridgehead atoms. The van der Waals surface area contributed by atoms with E-state index in [1.807, 2.05) is 39.0 Å². The fourth-order valence-electron chi connectivity index (χ4n) is 1.86. The predicted molar refractivity (Wildman–Crippen MR) is 84.7 cm³/mol. The second-order valence-corrected chi connectivity index (χ2v) is 6.60. The third-order valence-electron chi connectivity index (χ3n) is 2.70. The fraction of sp³-hybridized carbons (Fsp3) is 0.312. The van der Waals surface area contributed by atoms with Crippen LogP contribution in [0.25, 0.3) is 10.8 Å². The molecule has 0 saturated heterocycles. The summed E-state index contributed by atoms with van der Waals surface area (Å²) in [7, 11) is 0. The lowest BCUT2D eigenvalue weighted by Crippen LogP contribution is -2.32. The monoisotopic (exact) mass is 335 g/mol. The van der Waals surface area contributed by atoms with Crippen molar-refractivity contribution in [2.24, 2.45) is 0 Å². The highest BCUT2D eigenvalue weighted by Gasteiger charge is 2.15. The SMILES string of the molecule is CC(C)(C)OC(=O)NCc1ccc2cc(Br)ccc2c1. The molecule has 4 heteroatoms. The molecule has 1 amide bonds. The first-order chi connectivity index (χ1) is 9.33. The van der Waals surface area contributed by atoms with E-state index in [2.05, 4.69) is 39.4 Å². The minimum Gasteiger partial charge on any atom is -0.444 e. The van der Waals surface area contributed by atoms with E-state index in [-0.39, 0.29) is 0 Å². The number of benzene rings is 2. The number of carbonyl (C=O) groups excluding carboxylic acids is 1. The van der Waals surface area contributed by atoms with Crippen molar-refractivity contribution in [3.05, 3.63) is 46.4 Å². The zero-order valence-electron chi connectivity index (χ0n) is 11.9. The minimum absolute atomic E-state index is 0.395. The molecule has 0 radical (unpaired) electrons. The van der Waals surface area contributed by atoms with Crippen molar-refractivity contribution in [3.63, 3.8) is 0 Å². The molecule has 1 N–H and O–H groups in total. The van der Waals surface area contributed by atoms with Gasteiger partial charge in [-0.3, -0.25) is 0 Å². The number of hydrogen-bond acceptors (Lipinski definition) is 2. The Balaban J connectivity index is 2.03. The molecule has 20 heavy (non-hydrogen) atoms. The Kier molecular flexibility index (Phi) is 4.33. The standard InChI is InChI=1S/C16H18BrNO2/c1-16(2,3)20-15(19)18-10-11-4-5-13-9-14(17)7-6-12(13)8-11/h4-9H,10H2,1-3H3,(H,18,19). The Morgan fingerprint density at radius 3 is 2.50 bits per heavy atom. The van der Waals surface area contributed by atoms with E-state index in [0.717, 1.165) is 15.4 Å². The van der Waals surface area contributed by atoms with Crippen LogP contribution >= 0.6 is 15.9 Å². The lowest BCUT2D eigenvalue weighted by atomic mass is 10.1. The molecule has 0 saturated carbocycles. The van der Waals surface area contributed by atoms with Gasteiger partial charge in [0, 0.05) is 11.0 Å². The molecule has 2 aromatic rings. The summed E-state index contributed by atoms with van der Waals surface area (Å²) in [5.41, 5.74) is 0.574. The maximum atomic E-state index is 11.6. The van der Waals surface area contributed by atoms with Gasteiger partial charge in [-0.1, -0.05) is 34.1 Å². The predicted octanol–water partition coefficient (Wildman–Crippen LogP) is 4.63. The summed E-state index contributed by atoms with van der Waals surface area (Å²) >= 11 is 3.46. The molecule has 2 rings (SSSR count). The lowest BCUT2D eigenvalue weighted by molar-refractivity contribution is 0.0523. The zero-order valence-corrected chi connectivity index (χ0v) is 13.5. The molecule has 0 aromatic heterocycles. The van der Waals surface area contributed by atoms with E-state index in [0.29, 0.717) is 6.54 Å². The molecule has 106 valence electrons. The van der Waals surface area contributed by atoms with Crippen LogP contribution < -0.4 is 5.32 Å². The van der Waals surface area contributed by atoms with E-state index < -0.39 is 11.7 Å². The van der Waals surface area contributed by atoms with Crippen LogP contribution in [0, 0.1) is 0 Å². The summed E-state index contributed by atoms with van der Waals surface area (Å²) in [5, 5.41) is 5.08. The van der Waals surface area contributed by atoms with Crippen molar-refractivity contribution in [2.75, 3.05) is 0 Å². The van der Waals surface area contributed by atoms with Crippen molar-refractivity contribution < 1.29 is 9.53 Å². The van der Waals surface area contributed by atoms with E-state index in [1.54, 1.807) is 0 Å². The third kappa shape index (κ3) is 4.23. The quantitative estimate of drug-likeness (QED) is 0.868. The number of rotatable bonds is 2. The Morgan fingerprint density at radius 2 is 1.80 bits per heavy atom. The highest BCUT2D eigenvalue weighted by atomic mass is 79.9. The number of ether oxygens (including phenoxy) is 1. The number of nitrogens with one attached hydrogen (secondary N) is 1. The summed E-state index contributed by atoms with van der Waals surface area (Å²) in [6, 6.07) is 12.3. The lowest BCUT2D eigenvalue weighted by Gasteiger charge is -2.19. The molecular weight excluding hydrogens is 318 g/mol. The number of halogens is 1. The van der Waals surface area contributed by atoms with Crippen LogP contribution in [0.4, 0.5) is 4.79 Å². The molecule has 2 aromatic carbocycles. The second kappa shape index (κ2) is 5.83. The molecule has 0 spiro atoms. The molecule has 0 fully saturated rings. The van der Waals surface area contributed by atoms with E-state index in [9.17, 15) is 4.79 Å². The summed E-state index contributed by atoms with van der Waals surface area (Å²) in [6.45, 7) is 6.00. The maximum Gasteiger partial charge on any atom is 0.407 e. The van der Waals surface area contributed by atoms with Crippen LogP contribution in [-0.2, 0) is 11.3 Å². The topological polar surface area (TPSA) is 38.3 Å². The van der Waals surface area contributed by atoms with Crippen molar-refractivity contribution in [1.82, 2.24) is 5.32 Å². The Hall–Kier alpha value is -1.55. The molecule has 0 atom stereocenters. The zero-order chi connectivity index (χ0) is 14.8. The largest absolute Gasteiger partial charge is 0.444 e. The molecular formula is C16H18BrNO2. The van der Waals surface area contributed by atoms with Crippen molar-refractivity contribution in [2.45, 2.75) is 32.9 Å². The van der Waals surface area contributed by atoms with Gasteiger partial charge in [-0.25, -0.2) is 4.79 Å². The van der Waals surface area contributed by atoms with Gasteiger partial charge in [-0.2, -0.15) is 0 Å². The highest BCUT2D eigenvalue weighted by Crippen LogP contribution is 2.21. The molecule has 0 aliphatic carbocycles. The summed E-state index contributed by atoms with van der Waals surface area (Å²) < 4.78 is 6.27. The Bertz CT molecular complexity index is 632. The molecule has 0 aliphatic rings. The Labute approximate surface area is 127 Å². The van der Waals surface area contributed by atoms with Gasteiger partial charge in [0.05, 0.1) is 0 Å². The summed E-state index contributed by atoms with van der Waals surface area (Å²) in [6.07, 6.45) is -0.395. The van der Waals surface area contributed by atoms with Crippen molar-refractivity contribution in [3.8, 4) is 0 Å². The van der Waals surface area contributed by atoms with Gasteiger partial charge in [0.1, 0.15) is 5.60 Å². The van der Waals surface area contributed by atoms with Crippen LogP contribution in [0.2, 0.25) is 0 Å². The van der Waals surface area contributed by atoms with Crippen LogP contribution in [0.1, 0.15) is 26.3 Å². The first-order valence-electron chi connectivity index (χ1n) is 6.48. The van der Waals surface area contributed by atoms with Gasteiger partial charge >= 0.3 is 6.09 Å². The highest BCUT2D eigenvalue weighted by molar-refractivity contribution is 9.10. The number of carbonyl (C=O) groups is 1. The van der Waals surface area contributed by atoms with Gasteiger partial charge in [0.25, 0.3) is 0 Å². The summed E-state index contributed by atoms with van der Waals surface area (Å²) in [4.78, 5) is 11.6. The van der Waals surface area contributed by atoms with Crippen LogP contribution in [-0.4, -0.2) is 11.7 Å². The second-order valence-electron chi connectivity index (χ2n) is 5.68. The number of fused-ring (bicyclic) bond motifs is 1. The molecule has 0 unspecified atom stereocenters. The fourth-order valence-corrected chi connectivity index (χ4v) is 2.24.